The minimum absolute atomic E-state index is 0.212. The lowest BCUT2D eigenvalue weighted by Gasteiger charge is -2.30. The SMILES string of the molecule is Cc1cc(C(=O)NCC2CCCN2)cc(S(=O)(=O)N2CCC(C)CC2)c1C. The largest absolute Gasteiger partial charge is 0.350 e. The van der Waals surface area contributed by atoms with Crippen molar-refractivity contribution < 1.29 is 13.2 Å². The highest BCUT2D eigenvalue weighted by Gasteiger charge is 2.30. The van der Waals surface area contributed by atoms with E-state index >= 15 is 0 Å². The molecule has 2 aliphatic heterocycles. The number of benzene rings is 1. The maximum absolute atomic E-state index is 13.2. The molecule has 1 unspecified atom stereocenters. The standard InChI is InChI=1S/C20H31N3O3S/c1-14-6-9-23(10-7-14)27(25,26)19-12-17(11-15(2)16(19)3)20(24)22-13-18-5-4-8-21-18/h11-12,14,18,21H,4-10,13H2,1-3H3,(H,22,24). The zero-order valence-corrected chi connectivity index (χ0v) is 17.4. The summed E-state index contributed by atoms with van der Waals surface area (Å²) in [5, 5.41) is 6.29. The van der Waals surface area contributed by atoms with E-state index in [1.807, 2.05) is 13.8 Å². The predicted molar refractivity (Wildman–Crippen MR) is 106 cm³/mol. The van der Waals surface area contributed by atoms with Crippen molar-refractivity contribution in [3.8, 4) is 0 Å². The molecule has 1 aromatic carbocycles. The molecule has 2 saturated heterocycles. The van der Waals surface area contributed by atoms with Crippen LogP contribution >= 0.6 is 0 Å². The Morgan fingerprint density at radius 1 is 1.22 bits per heavy atom. The molecular formula is C20H31N3O3S. The number of nitrogens with one attached hydrogen (secondary N) is 2. The van der Waals surface area contributed by atoms with Crippen molar-refractivity contribution in [2.45, 2.75) is 57.4 Å². The van der Waals surface area contributed by atoms with E-state index < -0.39 is 10.0 Å². The van der Waals surface area contributed by atoms with Gasteiger partial charge in [-0.1, -0.05) is 6.92 Å². The second kappa shape index (κ2) is 8.29. The Labute approximate surface area is 162 Å². The predicted octanol–water partition coefficient (Wildman–Crippen LogP) is 2.21. The number of sulfonamides is 1. The highest BCUT2D eigenvalue weighted by atomic mass is 32.2. The zero-order valence-electron chi connectivity index (χ0n) is 16.5. The third-order valence-corrected chi connectivity index (χ3v) is 7.94. The van der Waals surface area contributed by atoms with Crippen LogP contribution in [0.3, 0.4) is 0 Å². The summed E-state index contributed by atoms with van der Waals surface area (Å²) in [7, 11) is -3.58. The summed E-state index contributed by atoms with van der Waals surface area (Å²) in [6.07, 6.45) is 3.94. The number of piperidine rings is 1. The molecule has 27 heavy (non-hydrogen) atoms. The first-order chi connectivity index (χ1) is 12.8. The van der Waals surface area contributed by atoms with Gasteiger partial charge in [0.25, 0.3) is 5.91 Å². The van der Waals surface area contributed by atoms with Crippen LogP contribution in [0.4, 0.5) is 0 Å². The van der Waals surface area contributed by atoms with Gasteiger partial charge in [0.15, 0.2) is 0 Å². The maximum atomic E-state index is 13.2. The Morgan fingerprint density at radius 3 is 2.56 bits per heavy atom. The number of carbonyl (C=O) groups is 1. The Balaban J connectivity index is 1.81. The van der Waals surface area contributed by atoms with Gasteiger partial charge in [-0.25, -0.2) is 8.42 Å². The van der Waals surface area contributed by atoms with Crippen LogP contribution in [-0.2, 0) is 10.0 Å². The molecule has 6 nitrogen and oxygen atoms in total. The Bertz CT molecular complexity index is 793. The summed E-state index contributed by atoms with van der Waals surface area (Å²) in [6.45, 7) is 8.49. The highest BCUT2D eigenvalue weighted by molar-refractivity contribution is 7.89. The van der Waals surface area contributed by atoms with Gasteiger partial charge in [-0.3, -0.25) is 4.79 Å². The maximum Gasteiger partial charge on any atom is 0.251 e. The minimum Gasteiger partial charge on any atom is -0.350 e. The van der Waals surface area contributed by atoms with Gasteiger partial charge in [-0.05, 0) is 75.3 Å². The van der Waals surface area contributed by atoms with Gasteiger partial charge >= 0.3 is 0 Å². The third kappa shape index (κ3) is 4.52. The van der Waals surface area contributed by atoms with Crippen LogP contribution in [0, 0.1) is 19.8 Å². The molecule has 0 saturated carbocycles. The van der Waals surface area contributed by atoms with Crippen molar-refractivity contribution in [1.29, 1.82) is 0 Å². The van der Waals surface area contributed by atoms with Gasteiger partial charge in [0.1, 0.15) is 0 Å². The van der Waals surface area contributed by atoms with Crippen LogP contribution < -0.4 is 10.6 Å². The Morgan fingerprint density at radius 2 is 1.93 bits per heavy atom. The number of nitrogens with zero attached hydrogens (tertiary/aromatic N) is 1. The first-order valence-electron chi connectivity index (χ1n) is 9.92. The van der Waals surface area contributed by atoms with Crippen molar-refractivity contribution in [3.63, 3.8) is 0 Å². The van der Waals surface area contributed by atoms with Crippen molar-refractivity contribution in [2.24, 2.45) is 5.92 Å². The molecule has 2 heterocycles. The van der Waals surface area contributed by atoms with Crippen LogP contribution in [0.15, 0.2) is 17.0 Å². The second-order valence-corrected chi connectivity index (χ2v) is 9.91. The fourth-order valence-corrected chi connectivity index (χ4v) is 5.63. The fourth-order valence-electron chi connectivity index (χ4n) is 3.84. The number of hydrogen-bond acceptors (Lipinski definition) is 4. The van der Waals surface area contributed by atoms with Crippen LogP contribution in [0.2, 0.25) is 0 Å². The van der Waals surface area contributed by atoms with Crippen LogP contribution in [-0.4, -0.2) is 50.9 Å². The number of aryl methyl sites for hydroxylation is 1. The summed E-state index contributed by atoms with van der Waals surface area (Å²) in [5.41, 5.74) is 1.97. The van der Waals surface area contributed by atoms with Crippen LogP contribution in [0.25, 0.3) is 0 Å². The van der Waals surface area contributed by atoms with E-state index in [-0.39, 0.29) is 10.8 Å². The van der Waals surface area contributed by atoms with E-state index in [1.165, 1.54) is 0 Å². The number of carbonyl (C=O) groups excluding carboxylic acids is 1. The lowest BCUT2D eigenvalue weighted by atomic mass is 10.0. The lowest BCUT2D eigenvalue weighted by molar-refractivity contribution is 0.0950. The van der Waals surface area contributed by atoms with Crippen LogP contribution in [0.1, 0.15) is 54.1 Å². The fraction of sp³-hybridized carbons (Fsp3) is 0.650. The molecule has 0 aliphatic carbocycles. The molecule has 150 valence electrons. The molecule has 0 radical (unpaired) electrons. The van der Waals surface area contributed by atoms with Gasteiger partial charge < -0.3 is 10.6 Å². The van der Waals surface area contributed by atoms with Crippen molar-refractivity contribution in [1.82, 2.24) is 14.9 Å². The molecule has 3 rings (SSSR count). The summed E-state index contributed by atoms with van der Waals surface area (Å²) < 4.78 is 28.0. The monoisotopic (exact) mass is 393 g/mol. The molecule has 0 aromatic heterocycles. The van der Waals surface area contributed by atoms with Gasteiger partial charge in [0.05, 0.1) is 4.90 Å². The molecule has 2 N–H and O–H groups in total. The normalized spacial score (nSPS) is 22.1. The van der Waals surface area contributed by atoms with Gasteiger partial charge in [0, 0.05) is 31.2 Å². The topological polar surface area (TPSA) is 78.5 Å². The van der Waals surface area contributed by atoms with E-state index in [0.29, 0.717) is 37.2 Å². The third-order valence-electron chi connectivity index (χ3n) is 5.91. The van der Waals surface area contributed by atoms with E-state index in [9.17, 15) is 13.2 Å². The molecule has 2 fully saturated rings. The minimum atomic E-state index is -3.58. The molecular weight excluding hydrogens is 362 g/mol. The second-order valence-electron chi connectivity index (χ2n) is 8.01. The molecule has 1 aromatic rings. The van der Waals surface area contributed by atoms with Crippen molar-refractivity contribution in [3.05, 3.63) is 28.8 Å². The van der Waals surface area contributed by atoms with Gasteiger partial charge in [0.2, 0.25) is 10.0 Å². The van der Waals surface area contributed by atoms with Gasteiger partial charge in [-0.15, -0.1) is 0 Å². The molecule has 1 amide bonds. The Kier molecular flexibility index (Phi) is 6.23. The summed E-state index contributed by atoms with van der Waals surface area (Å²) in [6, 6.07) is 3.64. The smallest absolute Gasteiger partial charge is 0.251 e. The van der Waals surface area contributed by atoms with Gasteiger partial charge in [-0.2, -0.15) is 4.31 Å². The van der Waals surface area contributed by atoms with Crippen LogP contribution in [0.5, 0.6) is 0 Å². The molecule has 1 atom stereocenters. The molecule has 0 spiro atoms. The van der Waals surface area contributed by atoms with Crippen molar-refractivity contribution >= 4 is 15.9 Å². The molecule has 2 aliphatic rings. The molecule has 7 heteroatoms. The van der Waals surface area contributed by atoms with E-state index in [0.717, 1.165) is 43.4 Å². The van der Waals surface area contributed by atoms with E-state index in [2.05, 4.69) is 17.6 Å². The zero-order chi connectivity index (χ0) is 19.6. The summed E-state index contributed by atoms with van der Waals surface area (Å²) in [5.74, 6) is 0.344. The molecule has 0 bridgehead atoms. The quantitative estimate of drug-likeness (QED) is 0.804. The van der Waals surface area contributed by atoms with E-state index in [1.54, 1.807) is 16.4 Å². The summed E-state index contributed by atoms with van der Waals surface area (Å²) in [4.78, 5) is 12.9. The first-order valence-corrected chi connectivity index (χ1v) is 11.4. The highest BCUT2D eigenvalue weighted by Crippen LogP contribution is 2.28. The van der Waals surface area contributed by atoms with Crippen molar-refractivity contribution in [2.75, 3.05) is 26.2 Å². The lowest BCUT2D eigenvalue weighted by Crippen LogP contribution is -2.39. The number of amides is 1. The Hall–Kier alpha value is -1.44. The first kappa shape index (κ1) is 20.3. The summed E-state index contributed by atoms with van der Waals surface area (Å²) >= 11 is 0. The average molecular weight is 394 g/mol. The average Bonchev–Trinajstić information content (AvgIpc) is 3.15. The number of rotatable bonds is 5. The van der Waals surface area contributed by atoms with E-state index in [4.69, 9.17) is 0 Å². The number of hydrogen-bond donors (Lipinski definition) is 2.